The van der Waals surface area contributed by atoms with Gasteiger partial charge in [0.1, 0.15) is 24.3 Å². The Morgan fingerprint density at radius 2 is 2.06 bits per heavy atom. The average molecular weight is 253 g/mol. The van der Waals surface area contributed by atoms with Gasteiger partial charge in [0, 0.05) is 13.1 Å². The first-order valence-electron chi connectivity index (χ1n) is 6.35. The third kappa shape index (κ3) is 4.27. The molecule has 1 aromatic carbocycles. The number of rotatable bonds is 7. The Morgan fingerprint density at radius 3 is 2.67 bits per heavy atom. The lowest BCUT2D eigenvalue weighted by Gasteiger charge is -2.15. The van der Waals surface area contributed by atoms with Gasteiger partial charge in [-0.3, -0.25) is 0 Å². The highest BCUT2D eigenvalue weighted by Gasteiger charge is 2.36. The van der Waals surface area contributed by atoms with Gasteiger partial charge in [-0.1, -0.05) is 6.92 Å². The number of hydrogen-bond donors (Lipinski definition) is 2. The quantitative estimate of drug-likeness (QED) is 0.780. The van der Waals surface area contributed by atoms with Gasteiger partial charge in [-0.2, -0.15) is 0 Å². The van der Waals surface area contributed by atoms with E-state index in [1.54, 1.807) is 12.1 Å². The third-order valence-electron chi connectivity index (χ3n) is 3.29. The van der Waals surface area contributed by atoms with Crippen LogP contribution in [0.1, 0.15) is 19.8 Å². The van der Waals surface area contributed by atoms with E-state index in [4.69, 9.17) is 4.74 Å². The predicted molar refractivity (Wildman–Crippen MR) is 68.1 cm³/mol. The molecule has 1 aliphatic rings. The minimum absolute atomic E-state index is 0.218. The SMILES string of the molecule is CC1(CNCC(O)COc2ccc(F)cc2)CC1. The van der Waals surface area contributed by atoms with Crippen molar-refractivity contribution in [2.45, 2.75) is 25.9 Å². The lowest BCUT2D eigenvalue weighted by atomic mass is 10.1. The summed E-state index contributed by atoms with van der Waals surface area (Å²) in [4.78, 5) is 0. The molecular formula is C14H20FNO2. The Balaban J connectivity index is 1.61. The number of ether oxygens (including phenoxy) is 1. The average Bonchev–Trinajstić information content (AvgIpc) is 3.07. The fourth-order valence-corrected chi connectivity index (χ4v) is 1.71. The minimum Gasteiger partial charge on any atom is -0.491 e. The zero-order valence-electron chi connectivity index (χ0n) is 10.7. The number of nitrogens with one attached hydrogen (secondary N) is 1. The standard InChI is InChI=1S/C14H20FNO2/c1-14(6-7-14)10-16-8-12(17)9-18-13-4-2-11(15)3-5-13/h2-5,12,16-17H,6-10H2,1H3. The molecule has 0 aromatic heterocycles. The maximum absolute atomic E-state index is 12.7. The largest absolute Gasteiger partial charge is 0.491 e. The van der Waals surface area contributed by atoms with Gasteiger partial charge in [0.2, 0.25) is 0 Å². The fourth-order valence-electron chi connectivity index (χ4n) is 1.71. The van der Waals surface area contributed by atoms with Crippen molar-refractivity contribution in [1.82, 2.24) is 5.32 Å². The van der Waals surface area contributed by atoms with Gasteiger partial charge in [0.25, 0.3) is 0 Å². The highest BCUT2D eigenvalue weighted by Crippen LogP contribution is 2.43. The highest BCUT2D eigenvalue weighted by atomic mass is 19.1. The molecule has 0 spiro atoms. The fraction of sp³-hybridized carbons (Fsp3) is 0.571. The summed E-state index contributed by atoms with van der Waals surface area (Å²) >= 11 is 0. The zero-order chi connectivity index (χ0) is 13.0. The molecule has 1 fully saturated rings. The Kier molecular flexibility index (Phi) is 4.19. The van der Waals surface area contributed by atoms with Gasteiger partial charge in [-0.15, -0.1) is 0 Å². The second kappa shape index (κ2) is 5.67. The number of aliphatic hydroxyl groups excluding tert-OH is 1. The molecule has 18 heavy (non-hydrogen) atoms. The molecule has 0 saturated heterocycles. The molecule has 0 heterocycles. The Labute approximate surface area is 107 Å². The predicted octanol–water partition coefficient (Wildman–Crippen LogP) is 1.96. The van der Waals surface area contributed by atoms with Crippen LogP contribution in [0.25, 0.3) is 0 Å². The van der Waals surface area contributed by atoms with Crippen molar-refractivity contribution in [1.29, 1.82) is 0 Å². The van der Waals surface area contributed by atoms with Crippen LogP contribution in [0, 0.1) is 11.2 Å². The van der Waals surface area contributed by atoms with Gasteiger partial charge in [0.05, 0.1) is 0 Å². The lowest BCUT2D eigenvalue weighted by molar-refractivity contribution is 0.105. The van der Waals surface area contributed by atoms with Gasteiger partial charge in [-0.05, 0) is 42.5 Å². The molecule has 0 bridgehead atoms. The van der Waals surface area contributed by atoms with Crippen LogP contribution < -0.4 is 10.1 Å². The first-order valence-corrected chi connectivity index (χ1v) is 6.35. The van der Waals surface area contributed by atoms with Crippen molar-refractivity contribution in [2.24, 2.45) is 5.41 Å². The Morgan fingerprint density at radius 1 is 1.39 bits per heavy atom. The van der Waals surface area contributed by atoms with E-state index in [1.165, 1.54) is 25.0 Å². The molecule has 4 heteroatoms. The summed E-state index contributed by atoms with van der Waals surface area (Å²) in [6.45, 7) is 3.92. The van der Waals surface area contributed by atoms with E-state index >= 15 is 0 Å². The second-order valence-corrected chi connectivity index (χ2v) is 5.36. The third-order valence-corrected chi connectivity index (χ3v) is 3.29. The summed E-state index contributed by atoms with van der Waals surface area (Å²) in [6, 6.07) is 5.79. The first kappa shape index (κ1) is 13.3. The maximum Gasteiger partial charge on any atom is 0.123 e. The van der Waals surface area contributed by atoms with E-state index in [0.717, 1.165) is 6.54 Å². The van der Waals surface area contributed by atoms with Crippen LogP contribution in [0.15, 0.2) is 24.3 Å². The van der Waals surface area contributed by atoms with Crippen LogP contribution in [0.2, 0.25) is 0 Å². The van der Waals surface area contributed by atoms with E-state index in [-0.39, 0.29) is 12.4 Å². The molecule has 0 aliphatic heterocycles. The Bertz CT molecular complexity index is 376. The summed E-state index contributed by atoms with van der Waals surface area (Å²) < 4.78 is 18.0. The van der Waals surface area contributed by atoms with E-state index in [2.05, 4.69) is 12.2 Å². The molecule has 1 aliphatic carbocycles. The molecule has 1 aromatic rings. The highest BCUT2D eigenvalue weighted by molar-refractivity contribution is 5.22. The number of benzene rings is 1. The van der Waals surface area contributed by atoms with Gasteiger partial charge in [-0.25, -0.2) is 4.39 Å². The van der Waals surface area contributed by atoms with E-state index in [1.807, 2.05) is 0 Å². The first-order chi connectivity index (χ1) is 8.57. The van der Waals surface area contributed by atoms with Crippen molar-refractivity contribution in [3.63, 3.8) is 0 Å². The molecule has 2 rings (SSSR count). The van der Waals surface area contributed by atoms with Gasteiger partial charge < -0.3 is 15.2 Å². The lowest BCUT2D eigenvalue weighted by Crippen LogP contribution is -2.34. The van der Waals surface area contributed by atoms with Gasteiger partial charge >= 0.3 is 0 Å². The van der Waals surface area contributed by atoms with Crippen molar-refractivity contribution >= 4 is 0 Å². The summed E-state index contributed by atoms with van der Waals surface area (Å²) in [6.07, 6.45) is 1.99. The van der Waals surface area contributed by atoms with E-state index < -0.39 is 6.10 Å². The molecule has 1 unspecified atom stereocenters. The summed E-state index contributed by atoms with van der Waals surface area (Å²) in [5, 5.41) is 13.0. The monoisotopic (exact) mass is 253 g/mol. The Hall–Kier alpha value is -1.13. The molecule has 0 radical (unpaired) electrons. The summed E-state index contributed by atoms with van der Waals surface area (Å²) in [5.41, 5.74) is 0.442. The molecule has 1 saturated carbocycles. The molecule has 3 nitrogen and oxygen atoms in total. The number of hydrogen-bond acceptors (Lipinski definition) is 3. The van der Waals surface area contributed by atoms with Gasteiger partial charge in [0.15, 0.2) is 0 Å². The summed E-state index contributed by atoms with van der Waals surface area (Å²) in [7, 11) is 0. The summed E-state index contributed by atoms with van der Waals surface area (Å²) in [5.74, 6) is 0.284. The molecule has 2 N–H and O–H groups in total. The smallest absolute Gasteiger partial charge is 0.123 e. The topological polar surface area (TPSA) is 41.5 Å². The molecule has 0 amide bonds. The van der Waals surface area contributed by atoms with Crippen molar-refractivity contribution in [3.8, 4) is 5.75 Å². The number of aliphatic hydroxyl groups is 1. The van der Waals surface area contributed by atoms with Crippen molar-refractivity contribution < 1.29 is 14.2 Å². The van der Waals surface area contributed by atoms with Crippen LogP contribution in [0.5, 0.6) is 5.75 Å². The van der Waals surface area contributed by atoms with Crippen LogP contribution in [0.3, 0.4) is 0 Å². The second-order valence-electron chi connectivity index (χ2n) is 5.36. The van der Waals surface area contributed by atoms with Crippen molar-refractivity contribution in [2.75, 3.05) is 19.7 Å². The molecule has 100 valence electrons. The van der Waals surface area contributed by atoms with Crippen LogP contribution in [-0.4, -0.2) is 30.9 Å². The molecular weight excluding hydrogens is 233 g/mol. The van der Waals surface area contributed by atoms with Crippen molar-refractivity contribution in [3.05, 3.63) is 30.1 Å². The van der Waals surface area contributed by atoms with E-state index in [9.17, 15) is 9.50 Å². The number of halogens is 1. The van der Waals surface area contributed by atoms with Crippen LogP contribution in [-0.2, 0) is 0 Å². The van der Waals surface area contributed by atoms with Crippen LogP contribution in [0.4, 0.5) is 4.39 Å². The normalized spacial score (nSPS) is 18.4. The van der Waals surface area contributed by atoms with E-state index in [0.29, 0.717) is 17.7 Å². The minimum atomic E-state index is -0.544. The van der Waals surface area contributed by atoms with Crippen LogP contribution >= 0.6 is 0 Å². The zero-order valence-corrected chi connectivity index (χ0v) is 10.7. The molecule has 1 atom stereocenters. The maximum atomic E-state index is 12.7.